The van der Waals surface area contributed by atoms with Gasteiger partial charge in [-0.05, 0) is 43.7 Å². The molecule has 3 N–H and O–H groups in total. The van der Waals surface area contributed by atoms with Crippen LogP contribution in [0.4, 0.5) is 5.69 Å². The van der Waals surface area contributed by atoms with Crippen LogP contribution >= 0.6 is 0 Å². The van der Waals surface area contributed by atoms with E-state index in [1.165, 1.54) is 0 Å². The van der Waals surface area contributed by atoms with E-state index < -0.39 is 5.91 Å². The molecule has 0 bridgehead atoms. The molecule has 22 heavy (non-hydrogen) atoms. The standard InChI is InChI=1S/C17H18N2O3/c1-11-4-3-5-13(8-11)17(22)18-10-16(21)19-14-7-6-12(2)9-15(14)20/h3-9,20H,10H2,1-2H3,(H,18,22)(H,19,21). The summed E-state index contributed by atoms with van der Waals surface area (Å²) in [6.07, 6.45) is 0. The lowest BCUT2D eigenvalue weighted by Gasteiger charge is -2.09. The van der Waals surface area contributed by atoms with Gasteiger partial charge in [0, 0.05) is 5.56 Å². The van der Waals surface area contributed by atoms with E-state index in [0.29, 0.717) is 11.3 Å². The molecule has 0 atom stereocenters. The Morgan fingerprint density at radius 1 is 1.05 bits per heavy atom. The van der Waals surface area contributed by atoms with Crippen LogP contribution < -0.4 is 10.6 Å². The lowest BCUT2D eigenvalue weighted by Crippen LogP contribution is -2.32. The number of carbonyl (C=O) groups excluding carboxylic acids is 2. The zero-order valence-corrected chi connectivity index (χ0v) is 12.5. The molecule has 2 rings (SSSR count). The summed E-state index contributed by atoms with van der Waals surface area (Å²) < 4.78 is 0. The van der Waals surface area contributed by atoms with Gasteiger partial charge in [0.2, 0.25) is 5.91 Å². The third kappa shape index (κ3) is 4.09. The van der Waals surface area contributed by atoms with Gasteiger partial charge in [0.1, 0.15) is 5.75 Å². The second-order valence-electron chi connectivity index (χ2n) is 5.12. The van der Waals surface area contributed by atoms with E-state index in [1.807, 2.05) is 19.9 Å². The number of nitrogens with one attached hydrogen (secondary N) is 2. The first kappa shape index (κ1) is 15.6. The van der Waals surface area contributed by atoms with Crippen molar-refractivity contribution >= 4 is 17.5 Å². The Morgan fingerprint density at radius 3 is 2.45 bits per heavy atom. The number of hydrogen-bond acceptors (Lipinski definition) is 3. The van der Waals surface area contributed by atoms with Gasteiger partial charge in [0.15, 0.2) is 0 Å². The van der Waals surface area contributed by atoms with Gasteiger partial charge in [-0.2, -0.15) is 0 Å². The van der Waals surface area contributed by atoms with Gasteiger partial charge < -0.3 is 15.7 Å². The number of amides is 2. The lowest BCUT2D eigenvalue weighted by atomic mass is 10.1. The van der Waals surface area contributed by atoms with Crippen molar-refractivity contribution in [3.05, 3.63) is 59.2 Å². The van der Waals surface area contributed by atoms with Crippen molar-refractivity contribution in [1.82, 2.24) is 5.32 Å². The average molecular weight is 298 g/mol. The Labute approximate surface area is 129 Å². The smallest absolute Gasteiger partial charge is 0.251 e. The number of aromatic hydroxyl groups is 1. The van der Waals surface area contributed by atoms with E-state index in [-0.39, 0.29) is 18.2 Å². The van der Waals surface area contributed by atoms with Crippen LogP contribution in [0.1, 0.15) is 21.5 Å². The van der Waals surface area contributed by atoms with E-state index >= 15 is 0 Å². The minimum Gasteiger partial charge on any atom is -0.506 e. The molecule has 0 aliphatic heterocycles. The van der Waals surface area contributed by atoms with Crippen molar-refractivity contribution in [2.24, 2.45) is 0 Å². The number of hydrogen-bond donors (Lipinski definition) is 3. The summed E-state index contributed by atoms with van der Waals surface area (Å²) in [5.74, 6) is -0.717. The average Bonchev–Trinajstić information content (AvgIpc) is 2.47. The first-order valence-corrected chi connectivity index (χ1v) is 6.90. The Bertz CT molecular complexity index is 711. The van der Waals surface area contributed by atoms with Gasteiger partial charge in [-0.1, -0.05) is 23.8 Å². The number of carbonyl (C=O) groups is 2. The van der Waals surface area contributed by atoms with Gasteiger partial charge >= 0.3 is 0 Å². The molecule has 0 unspecified atom stereocenters. The second-order valence-corrected chi connectivity index (χ2v) is 5.12. The number of aryl methyl sites for hydroxylation is 2. The Kier molecular flexibility index (Phi) is 4.78. The monoisotopic (exact) mass is 298 g/mol. The SMILES string of the molecule is Cc1cccc(C(=O)NCC(=O)Nc2ccc(C)cc2O)c1. The molecule has 2 aromatic rings. The van der Waals surface area contributed by atoms with Crippen LogP contribution in [-0.2, 0) is 4.79 Å². The Morgan fingerprint density at radius 2 is 1.77 bits per heavy atom. The predicted molar refractivity (Wildman–Crippen MR) is 85.0 cm³/mol. The highest BCUT2D eigenvalue weighted by atomic mass is 16.3. The fourth-order valence-corrected chi connectivity index (χ4v) is 1.99. The third-order valence-corrected chi connectivity index (χ3v) is 3.12. The zero-order valence-electron chi connectivity index (χ0n) is 12.5. The quantitative estimate of drug-likeness (QED) is 0.758. The van der Waals surface area contributed by atoms with Gasteiger partial charge in [0.05, 0.1) is 12.2 Å². The normalized spacial score (nSPS) is 10.1. The molecular weight excluding hydrogens is 280 g/mol. The van der Waals surface area contributed by atoms with Gasteiger partial charge in [-0.25, -0.2) is 0 Å². The fourth-order valence-electron chi connectivity index (χ4n) is 1.99. The largest absolute Gasteiger partial charge is 0.506 e. The minimum atomic E-state index is -0.403. The van der Waals surface area contributed by atoms with Crippen molar-refractivity contribution in [3.63, 3.8) is 0 Å². The molecule has 0 aromatic heterocycles. The maximum absolute atomic E-state index is 11.9. The predicted octanol–water partition coefficient (Wildman–Crippen LogP) is 2.38. The van der Waals surface area contributed by atoms with Crippen LogP contribution in [0.25, 0.3) is 0 Å². The molecule has 0 spiro atoms. The molecule has 0 aliphatic carbocycles. The first-order chi connectivity index (χ1) is 10.5. The van der Waals surface area contributed by atoms with Crippen LogP contribution in [0.2, 0.25) is 0 Å². The number of anilines is 1. The van der Waals surface area contributed by atoms with Crippen LogP contribution in [0.5, 0.6) is 5.75 Å². The summed E-state index contributed by atoms with van der Waals surface area (Å²) in [7, 11) is 0. The number of benzene rings is 2. The highest BCUT2D eigenvalue weighted by Gasteiger charge is 2.10. The molecule has 0 aliphatic rings. The van der Waals surface area contributed by atoms with Crippen LogP contribution in [0.3, 0.4) is 0 Å². The summed E-state index contributed by atoms with van der Waals surface area (Å²) in [6.45, 7) is 3.57. The zero-order chi connectivity index (χ0) is 16.1. The lowest BCUT2D eigenvalue weighted by molar-refractivity contribution is -0.115. The van der Waals surface area contributed by atoms with E-state index in [4.69, 9.17) is 0 Å². The molecule has 0 saturated carbocycles. The van der Waals surface area contributed by atoms with Crippen molar-refractivity contribution in [3.8, 4) is 5.75 Å². The Balaban J connectivity index is 1.91. The molecular formula is C17H18N2O3. The number of phenols is 1. The van der Waals surface area contributed by atoms with Crippen LogP contribution in [-0.4, -0.2) is 23.5 Å². The maximum atomic E-state index is 11.9. The molecule has 0 fully saturated rings. The van der Waals surface area contributed by atoms with Crippen LogP contribution in [0.15, 0.2) is 42.5 Å². The van der Waals surface area contributed by atoms with Gasteiger partial charge in [-0.15, -0.1) is 0 Å². The molecule has 2 aromatic carbocycles. The van der Waals surface area contributed by atoms with E-state index in [2.05, 4.69) is 10.6 Å². The first-order valence-electron chi connectivity index (χ1n) is 6.90. The van der Waals surface area contributed by atoms with Crippen molar-refractivity contribution in [1.29, 1.82) is 0 Å². The summed E-state index contributed by atoms with van der Waals surface area (Å²) in [4.78, 5) is 23.7. The van der Waals surface area contributed by atoms with E-state index in [0.717, 1.165) is 11.1 Å². The molecule has 5 heteroatoms. The molecule has 2 amide bonds. The highest BCUT2D eigenvalue weighted by molar-refractivity contribution is 5.99. The van der Waals surface area contributed by atoms with E-state index in [1.54, 1.807) is 36.4 Å². The second kappa shape index (κ2) is 6.76. The summed E-state index contributed by atoms with van der Waals surface area (Å²) in [5, 5.41) is 14.8. The van der Waals surface area contributed by atoms with Crippen molar-refractivity contribution in [2.75, 3.05) is 11.9 Å². The summed E-state index contributed by atoms with van der Waals surface area (Å²) >= 11 is 0. The maximum Gasteiger partial charge on any atom is 0.251 e. The van der Waals surface area contributed by atoms with Crippen LogP contribution in [0, 0.1) is 13.8 Å². The molecule has 114 valence electrons. The fraction of sp³-hybridized carbons (Fsp3) is 0.176. The minimum absolute atomic E-state index is 0.00152. The van der Waals surface area contributed by atoms with Gasteiger partial charge in [0.25, 0.3) is 5.91 Å². The molecule has 0 heterocycles. The molecule has 0 radical (unpaired) electrons. The van der Waals surface area contributed by atoms with Crippen molar-refractivity contribution in [2.45, 2.75) is 13.8 Å². The molecule has 0 saturated heterocycles. The summed E-state index contributed by atoms with van der Waals surface area (Å²) in [5.41, 5.74) is 2.69. The highest BCUT2D eigenvalue weighted by Crippen LogP contribution is 2.23. The Hall–Kier alpha value is -2.82. The van der Waals surface area contributed by atoms with Crippen molar-refractivity contribution < 1.29 is 14.7 Å². The van der Waals surface area contributed by atoms with Gasteiger partial charge in [-0.3, -0.25) is 9.59 Å². The summed E-state index contributed by atoms with van der Waals surface area (Å²) in [6, 6.07) is 12.1. The number of phenolic OH excluding ortho intramolecular Hbond substituents is 1. The topological polar surface area (TPSA) is 78.4 Å². The number of rotatable bonds is 4. The third-order valence-electron chi connectivity index (χ3n) is 3.12. The van der Waals surface area contributed by atoms with E-state index in [9.17, 15) is 14.7 Å². The molecule has 5 nitrogen and oxygen atoms in total.